The Morgan fingerprint density at radius 3 is 2.80 bits per heavy atom. The first-order valence-electron chi connectivity index (χ1n) is 5.76. The molecule has 1 aliphatic carbocycles. The third-order valence-corrected chi connectivity index (χ3v) is 3.83. The third kappa shape index (κ3) is 1.59. The van der Waals surface area contributed by atoms with Crippen LogP contribution in [0.25, 0.3) is 0 Å². The van der Waals surface area contributed by atoms with E-state index in [4.69, 9.17) is 0 Å². The molecule has 1 unspecified atom stereocenters. The highest BCUT2D eigenvalue weighted by Gasteiger charge is 2.54. The second-order valence-electron chi connectivity index (χ2n) is 5.07. The summed E-state index contributed by atoms with van der Waals surface area (Å²) >= 11 is 0. The molecule has 1 aliphatic rings. The molecule has 1 saturated carbocycles. The molecule has 0 spiro atoms. The molecule has 1 fully saturated rings. The minimum absolute atomic E-state index is 0.0541. The van der Waals surface area contributed by atoms with Crippen LogP contribution in [0.1, 0.15) is 45.7 Å². The van der Waals surface area contributed by atoms with Crippen LogP contribution in [-0.4, -0.2) is 14.9 Å². The van der Waals surface area contributed by atoms with Crippen LogP contribution in [0.2, 0.25) is 0 Å². The van der Waals surface area contributed by atoms with Crippen molar-refractivity contribution in [1.82, 2.24) is 9.78 Å². The Hall–Kier alpha value is -0.830. The van der Waals surface area contributed by atoms with Gasteiger partial charge in [0.05, 0.1) is 5.69 Å². The molecule has 0 aliphatic heterocycles. The average molecular weight is 208 g/mol. The quantitative estimate of drug-likeness (QED) is 0.824. The van der Waals surface area contributed by atoms with E-state index in [1.165, 1.54) is 0 Å². The monoisotopic (exact) mass is 208 g/mol. The summed E-state index contributed by atoms with van der Waals surface area (Å²) in [7, 11) is 0. The fourth-order valence-corrected chi connectivity index (χ4v) is 2.12. The summed E-state index contributed by atoms with van der Waals surface area (Å²) in [5, 5.41) is 14.9. The molecule has 1 atom stereocenters. The Kier molecular flexibility index (Phi) is 2.38. The van der Waals surface area contributed by atoms with Crippen LogP contribution < -0.4 is 0 Å². The molecule has 0 radical (unpaired) electrons. The van der Waals surface area contributed by atoms with Gasteiger partial charge in [0.15, 0.2) is 0 Å². The lowest BCUT2D eigenvalue weighted by atomic mass is 9.84. The summed E-state index contributed by atoms with van der Waals surface area (Å²) in [5.74, 6) is 0. The predicted octanol–water partition coefficient (Wildman–Crippen LogP) is 2.30. The molecule has 0 aromatic carbocycles. The first-order valence-corrected chi connectivity index (χ1v) is 5.76. The molecular weight excluding hydrogens is 188 g/mol. The maximum absolute atomic E-state index is 10.6. The smallest absolute Gasteiger partial charge is 0.109 e. The average Bonchev–Trinajstić information content (AvgIpc) is 2.78. The van der Waals surface area contributed by atoms with Crippen molar-refractivity contribution in [1.29, 1.82) is 0 Å². The second-order valence-corrected chi connectivity index (χ2v) is 5.07. The van der Waals surface area contributed by atoms with Gasteiger partial charge in [-0.05, 0) is 32.3 Å². The van der Waals surface area contributed by atoms with Crippen molar-refractivity contribution in [2.75, 3.05) is 0 Å². The number of hydrogen-bond acceptors (Lipinski definition) is 2. The van der Waals surface area contributed by atoms with Crippen LogP contribution in [0.4, 0.5) is 0 Å². The molecule has 1 N–H and O–H groups in total. The number of nitrogens with zero attached hydrogens (tertiary/aromatic N) is 2. The van der Waals surface area contributed by atoms with E-state index in [-0.39, 0.29) is 5.41 Å². The Bertz CT molecular complexity index is 350. The molecule has 1 aromatic rings. The van der Waals surface area contributed by atoms with Gasteiger partial charge in [0.2, 0.25) is 0 Å². The van der Waals surface area contributed by atoms with Gasteiger partial charge < -0.3 is 5.11 Å². The minimum atomic E-state index is -0.737. The highest BCUT2D eigenvalue weighted by atomic mass is 16.3. The Labute approximate surface area is 91.1 Å². The summed E-state index contributed by atoms with van der Waals surface area (Å²) in [5.41, 5.74) is 0.279. The van der Waals surface area contributed by atoms with Gasteiger partial charge in [-0.1, -0.05) is 13.8 Å². The fraction of sp³-hybridized carbons (Fsp3) is 0.750. The predicted molar refractivity (Wildman–Crippen MR) is 59.4 cm³/mol. The molecular formula is C12H20N2O. The van der Waals surface area contributed by atoms with Crippen molar-refractivity contribution in [3.63, 3.8) is 0 Å². The van der Waals surface area contributed by atoms with E-state index in [0.717, 1.165) is 31.5 Å². The molecule has 3 nitrogen and oxygen atoms in total. The molecule has 0 amide bonds. The highest BCUT2D eigenvalue weighted by Crippen LogP contribution is 2.57. The van der Waals surface area contributed by atoms with Crippen molar-refractivity contribution in [3.05, 3.63) is 18.0 Å². The zero-order chi connectivity index (χ0) is 11.1. The van der Waals surface area contributed by atoms with Crippen molar-refractivity contribution in [2.24, 2.45) is 5.41 Å². The van der Waals surface area contributed by atoms with E-state index in [2.05, 4.69) is 18.9 Å². The lowest BCUT2D eigenvalue weighted by Crippen LogP contribution is -2.34. The molecule has 0 saturated heterocycles. The SMILES string of the molecule is CCCn1nccc1C(C)(O)C1(C)CC1. The lowest BCUT2D eigenvalue weighted by Gasteiger charge is -2.31. The van der Waals surface area contributed by atoms with Crippen LogP contribution >= 0.6 is 0 Å². The largest absolute Gasteiger partial charge is 0.383 e. The molecule has 3 heteroatoms. The summed E-state index contributed by atoms with van der Waals surface area (Å²) in [6.07, 6.45) is 5.04. The fourth-order valence-electron chi connectivity index (χ4n) is 2.12. The summed E-state index contributed by atoms with van der Waals surface area (Å²) in [4.78, 5) is 0. The van der Waals surface area contributed by atoms with Gasteiger partial charge in [-0.15, -0.1) is 0 Å². The van der Waals surface area contributed by atoms with E-state index in [1.807, 2.05) is 17.7 Å². The van der Waals surface area contributed by atoms with Gasteiger partial charge in [-0.25, -0.2) is 0 Å². The van der Waals surface area contributed by atoms with Crippen LogP contribution in [-0.2, 0) is 12.1 Å². The van der Waals surface area contributed by atoms with E-state index >= 15 is 0 Å². The Balaban J connectivity index is 2.31. The number of aryl methyl sites for hydroxylation is 1. The normalized spacial score (nSPS) is 22.4. The first-order chi connectivity index (χ1) is 7.01. The summed E-state index contributed by atoms with van der Waals surface area (Å²) in [6.45, 7) is 7.08. The van der Waals surface area contributed by atoms with Gasteiger partial charge in [0, 0.05) is 18.2 Å². The standard InChI is InChI=1S/C12H20N2O/c1-4-9-14-10(5-8-13-14)12(3,15)11(2)6-7-11/h5,8,15H,4,6-7,9H2,1-3H3. The highest BCUT2D eigenvalue weighted by molar-refractivity contribution is 5.19. The molecule has 84 valence electrons. The number of aromatic nitrogens is 2. The maximum Gasteiger partial charge on any atom is 0.109 e. The molecule has 15 heavy (non-hydrogen) atoms. The maximum atomic E-state index is 10.6. The van der Waals surface area contributed by atoms with Gasteiger partial charge in [0.1, 0.15) is 5.60 Å². The van der Waals surface area contributed by atoms with Crippen molar-refractivity contribution < 1.29 is 5.11 Å². The van der Waals surface area contributed by atoms with Crippen LogP contribution in [0.5, 0.6) is 0 Å². The molecule has 1 heterocycles. The molecule has 1 aromatic heterocycles. The first kappa shape index (κ1) is 10.7. The zero-order valence-electron chi connectivity index (χ0n) is 9.82. The van der Waals surface area contributed by atoms with Crippen molar-refractivity contribution in [2.45, 2.75) is 52.2 Å². The zero-order valence-corrected chi connectivity index (χ0v) is 9.82. The van der Waals surface area contributed by atoms with Crippen molar-refractivity contribution in [3.8, 4) is 0 Å². The number of hydrogen-bond donors (Lipinski definition) is 1. The van der Waals surface area contributed by atoms with E-state index < -0.39 is 5.60 Å². The van der Waals surface area contributed by atoms with E-state index in [9.17, 15) is 5.11 Å². The number of aliphatic hydroxyl groups is 1. The van der Waals surface area contributed by atoms with Crippen LogP contribution in [0, 0.1) is 5.41 Å². The lowest BCUT2D eigenvalue weighted by molar-refractivity contribution is -0.0208. The Morgan fingerprint density at radius 1 is 1.60 bits per heavy atom. The second kappa shape index (κ2) is 3.34. The van der Waals surface area contributed by atoms with E-state index in [1.54, 1.807) is 6.20 Å². The topological polar surface area (TPSA) is 38.0 Å². The van der Waals surface area contributed by atoms with Gasteiger partial charge >= 0.3 is 0 Å². The van der Waals surface area contributed by atoms with Gasteiger partial charge in [0.25, 0.3) is 0 Å². The van der Waals surface area contributed by atoms with Gasteiger partial charge in [-0.2, -0.15) is 5.10 Å². The summed E-state index contributed by atoms with van der Waals surface area (Å²) < 4.78 is 1.93. The third-order valence-electron chi connectivity index (χ3n) is 3.83. The van der Waals surface area contributed by atoms with E-state index in [0.29, 0.717) is 0 Å². The Morgan fingerprint density at radius 2 is 2.27 bits per heavy atom. The van der Waals surface area contributed by atoms with Crippen LogP contribution in [0.3, 0.4) is 0 Å². The summed E-state index contributed by atoms with van der Waals surface area (Å²) in [6, 6.07) is 1.94. The number of rotatable bonds is 4. The van der Waals surface area contributed by atoms with Crippen LogP contribution in [0.15, 0.2) is 12.3 Å². The van der Waals surface area contributed by atoms with Crippen molar-refractivity contribution >= 4 is 0 Å². The van der Waals surface area contributed by atoms with Gasteiger partial charge in [-0.3, -0.25) is 4.68 Å². The molecule has 0 bridgehead atoms. The molecule has 2 rings (SSSR count). The minimum Gasteiger partial charge on any atom is -0.383 e.